The fourth-order valence-corrected chi connectivity index (χ4v) is 1.68. The van der Waals surface area contributed by atoms with Crippen LogP contribution in [0.5, 0.6) is 0 Å². The number of amides is 1. The zero-order valence-corrected chi connectivity index (χ0v) is 10.8. The van der Waals surface area contributed by atoms with Gasteiger partial charge in [0.15, 0.2) is 0 Å². The average Bonchev–Trinajstić information content (AvgIpc) is 2.41. The monoisotopic (exact) mass is 277 g/mol. The molecule has 0 fully saturated rings. The van der Waals surface area contributed by atoms with E-state index < -0.39 is 0 Å². The van der Waals surface area contributed by atoms with Gasteiger partial charge in [-0.1, -0.05) is 23.7 Å². The maximum absolute atomic E-state index is 11.7. The predicted octanol–water partition coefficient (Wildman–Crippen LogP) is 1.40. The smallest absolute Gasteiger partial charge is 0.270 e. The van der Waals surface area contributed by atoms with Crippen molar-refractivity contribution in [1.82, 2.24) is 15.3 Å². The molecular weight excluding hydrogens is 266 g/mol. The van der Waals surface area contributed by atoms with Crippen LogP contribution in [-0.4, -0.2) is 22.4 Å². The minimum absolute atomic E-state index is 0.111. The standard InChI is InChI=1S/C13H12ClN3O2/c14-10-3-1-9(2-4-10)5-6-15-13(19)11-7-12(18)17-8-16-11/h1-4,7-8H,5-6H2,(H,15,19)(H,16,17,18). The Kier molecular flexibility index (Phi) is 4.30. The van der Waals surface area contributed by atoms with Crippen molar-refractivity contribution in [3.05, 3.63) is 63.3 Å². The molecule has 0 unspecified atom stereocenters. The molecule has 1 aromatic heterocycles. The van der Waals surface area contributed by atoms with Crippen molar-refractivity contribution in [2.24, 2.45) is 0 Å². The maximum atomic E-state index is 11.7. The molecule has 2 aromatic rings. The zero-order valence-electron chi connectivity index (χ0n) is 10.0. The lowest BCUT2D eigenvalue weighted by Gasteiger charge is -2.04. The van der Waals surface area contributed by atoms with Gasteiger partial charge in [0, 0.05) is 17.6 Å². The van der Waals surface area contributed by atoms with Gasteiger partial charge in [0.25, 0.3) is 11.5 Å². The average molecular weight is 278 g/mol. The normalized spacial score (nSPS) is 10.2. The van der Waals surface area contributed by atoms with Gasteiger partial charge in [-0.3, -0.25) is 9.59 Å². The summed E-state index contributed by atoms with van der Waals surface area (Å²) in [6.45, 7) is 0.467. The lowest BCUT2D eigenvalue weighted by atomic mass is 10.1. The van der Waals surface area contributed by atoms with Gasteiger partial charge in [0.1, 0.15) is 5.69 Å². The van der Waals surface area contributed by atoms with Crippen molar-refractivity contribution in [2.75, 3.05) is 6.54 Å². The number of benzene rings is 1. The Morgan fingerprint density at radius 3 is 2.74 bits per heavy atom. The summed E-state index contributed by atoms with van der Waals surface area (Å²) in [5.74, 6) is -0.361. The molecule has 2 rings (SSSR count). The first-order chi connectivity index (χ1) is 9.15. The summed E-state index contributed by atoms with van der Waals surface area (Å²) in [5, 5.41) is 3.38. The number of H-pyrrole nitrogens is 1. The first-order valence-electron chi connectivity index (χ1n) is 5.72. The van der Waals surface area contributed by atoms with Gasteiger partial charge in [-0.25, -0.2) is 4.98 Å². The fourth-order valence-electron chi connectivity index (χ4n) is 1.55. The van der Waals surface area contributed by atoms with Crippen LogP contribution < -0.4 is 10.9 Å². The zero-order chi connectivity index (χ0) is 13.7. The Morgan fingerprint density at radius 1 is 1.32 bits per heavy atom. The summed E-state index contributed by atoms with van der Waals surface area (Å²) in [6.07, 6.45) is 1.89. The number of halogens is 1. The SMILES string of the molecule is O=C(NCCc1ccc(Cl)cc1)c1cc(=O)[nH]cn1. The largest absolute Gasteiger partial charge is 0.350 e. The van der Waals surface area contributed by atoms with Crippen molar-refractivity contribution in [3.8, 4) is 0 Å². The van der Waals surface area contributed by atoms with E-state index in [4.69, 9.17) is 11.6 Å². The van der Waals surface area contributed by atoms with Gasteiger partial charge in [0.05, 0.1) is 6.33 Å². The van der Waals surface area contributed by atoms with Crippen LogP contribution in [-0.2, 0) is 6.42 Å². The Hall–Kier alpha value is -2.14. The molecule has 1 aromatic carbocycles. The number of carbonyl (C=O) groups excluding carboxylic acids is 1. The van der Waals surface area contributed by atoms with Crippen molar-refractivity contribution < 1.29 is 4.79 Å². The summed E-state index contributed by atoms with van der Waals surface area (Å²) in [6, 6.07) is 8.57. The van der Waals surface area contributed by atoms with E-state index in [1.807, 2.05) is 12.1 Å². The highest BCUT2D eigenvalue weighted by Crippen LogP contribution is 2.09. The predicted molar refractivity (Wildman–Crippen MR) is 72.3 cm³/mol. The highest BCUT2D eigenvalue weighted by molar-refractivity contribution is 6.30. The number of nitrogens with zero attached hydrogens (tertiary/aromatic N) is 1. The number of carbonyl (C=O) groups is 1. The van der Waals surface area contributed by atoms with E-state index in [0.29, 0.717) is 18.0 Å². The topological polar surface area (TPSA) is 74.8 Å². The van der Waals surface area contributed by atoms with Gasteiger partial charge < -0.3 is 10.3 Å². The van der Waals surface area contributed by atoms with Crippen LogP contribution in [0.3, 0.4) is 0 Å². The molecule has 0 saturated carbocycles. The van der Waals surface area contributed by atoms with E-state index >= 15 is 0 Å². The summed E-state index contributed by atoms with van der Waals surface area (Å²) in [5.41, 5.74) is 0.835. The quantitative estimate of drug-likeness (QED) is 0.887. The molecule has 1 amide bonds. The number of rotatable bonds is 4. The minimum Gasteiger partial charge on any atom is -0.350 e. The van der Waals surface area contributed by atoms with Crippen LogP contribution in [0.1, 0.15) is 16.1 Å². The Labute approximate surface area is 114 Å². The van der Waals surface area contributed by atoms with E-state index in [-0.39, 0.29) is 17.2 Å². The van der Waals surface area contributed by atoms with Crippen LogP contribution in [0.15, 0.2) is 41.5 Å². The second-order valence-electron chi connectivity index (χ2n) is 3.93. The number of aromatic nitrogens is 2. The minimum atomic E-state index is -0.361. The molecule has 1 heterocycles. The van der Waals surface area contributed by atoms with Crippen molar-refractivity contribution in [2.45, 2.75) is 6.42 Å². The molecule has 0 saturated heterocycles. The molecule has 2 N–H and O–H groups in total. The summed E-state index contributed by atoms with van der Waals surface area (Å²) in [7, 11) is 0. The van der Waals surface area contributed by atoms with Crippen LogP contribution in [0.4, 0.5) is 0 Å². The van der Waals surface area contributed by atoms with Gasteiger partial charge in [-0.15, -0.1) is 0 Å². The molecule has 5 nitrogen and oxygen atoms in total. The van der Waals surface area contributed by atoms with E-state index in [1.165, 1.54) is 6.33 Å². The Balaban J connectivity index is 1.87. The van der Waals surface area contributed by atoms with Crippen LogP contribution in [0.2, 0.25) is 5.02 Å². The van der Waals surface area contributed by atoms with E-state index in [0.717, 1.165) is 11.6 Å². The summed E-state index contributed by atoms with van der Waals surface area (Å²) >= 11 is 5.78. The van der Waals surface area contributed by atoms with Gasteiger partial charge in [0.2, 0.25) is 0 Å². The van der Waals surface area contributed by atoms with Crippen LogP contribution in [0, 0.1) is 0 Å². The highest BCUT2D eigenvalue weighted by Gasteiger charge is 2.06. The third kappa shape index (κ3) is 3.93. The van der Waals surface area contributed by atoms with Crippen molar-refractivity contribution in [3.63, 3.8) is 0 Å². The summed E-state index contributed by atoms with van der Waals surface area (Å²) < 4.78 is 0. The molecule has 0 aliphatic heterocycles. The second-order valence-corrected chi connectivity index (χ2v) is 4.37. The third-order valence-corrected chi connectivity index (χ3v) is 2.78. The number of aromatic amines is 1. The number of hydrogen-bond donors (Lipinski definition) is 2. The molecule has 0 bridgehead atoms. The molecule has 0 spiro atoms. The number of hydrogen-bond acceptors (Lipinski definition) is 3. The molecule has 19 heavy (non-hydrogen) atoms. The van der Waals surface area contributed by atoms with Crippen molar-refractivity contribution >= 4 is 17.5 Å². The lowest BCUT2D eigenvalue weighted by Crippen LogP contribution is -2.27. The van der Waals surface area contributed by atoms with E-state index in [1.54, 1.807) is 12.1 Å². The molecular formula is C13H12ClN3O2. The van der Waals surface area contributed by atoms with E-state index in [2.05, 4.69) is 15.3 Å². The first-order valence-corrected chi connectivity index (χ1v) is 6.10. The molecule has 98 valence electrons. The van der Waals surface area contributed by atoms with Gasteiger partial charge in [-0.05, 0) is 24.1 Å². The Morgan fingerprint density at radius 2 is 2.05 bits per heavy atom. The van der Waals surface area contributed by atoms with Crippen LogP contribution in [0.25, 0.3) is 0 Å². The lowest BCUT2D eigenvalue weighted by molar-refractivity contribution is 0.0949. The van der Waals surface area contributed by atoms with Crippen LogP contribution >= 0.6 is 11.6 Å². The molecule has 6 heteroatoms. The second kappa shape index (κ2) is 6.15. The molecule has 0 aliphatic carbocycles. The van der Waals surface area contributed by atoms with Crippen molar-refractivity contribution in [1.29, 1.82) is 0 Å². The molecule has 0 atom stereocenters. The van der Waals surface area contributed by atoms with Gasteiger partial charge >= 0.3 is 0 Å². The highest BCUT2D eigenvalue weighted by atomic mass is 35.5. The summed E-state index contributed by atoms with van der Waals surface area (Å²) in [4.78, 5) is 28.9. The van der Waals surface area contributed by atoms with Gasteiger partial charge in [-0.2, -0.15) is 0 Å². The molecule has 0 radical (unpaired) electrons. The Bertz CT molecular complexity index is 622. The number of nitrogens with one attached hydrogen (secondary N) is 2. The first kappa shape index (κ1) is 13.3. The third-order valence-electron chi connectivity index (χ3n) is 2.52. The fraction of sp³-hybridized carbons (Fsp3) is 0.154. The van der Waals surface area contributed by atoms with E-state index in [9.17, 15) is 9.59 Å². The maximum Gasteiger partial charge on any atom is 0.270 e. The molecule has 0 aliphatic rings.